The molecule has 0 fully saturated rings. The average Bonchev–Trinajstić information content (AvgIpc) is 2.73. The minimum Gasteiger partial charge on any atom is -0.465 e. The molecule has 0 spiro atoms. The zero-order valence-electron chi connectivity index (χ0n) is 19.6. The Bertz CT molecular complexity index is 756. The summed E-state index contributed by atoms with van der Waals surface area (Å²) in [6.07, 6.45) is 2.05. The van der Waals surface area contributed by atoms with Crippen molar-refractivity contribution in [1.82, 2.24) is 0 Å². The minimum absolute atomic E-state index is 0.183. The van der Waals surface area contributed by atoms with E-state index < -0.39 is 0 Å². The van der Waals surface area contributed by atoms with Crippen molar-refractivity contribution in [1.29, 1.82) is 0 Å². The Morgan fingerprint density at radius 2 is 1.33 bits per heavy atom. The summed E-state index contributed by atoms with van der Waals surface area (Å²) in [5.41, 5.74) is 2.54. The van der Waals surface area contributed by atoms with Gasteiger partial charge in [-0.1, -0.05) is 52.0 Å². The van der Waals surface area contributed by atoms with Crippen LogP contribution in [-0.2, 0) is 9.53 Å². The van der Waals surface area contributed by atoms with Crippen molar-refractivity contribution < 1.29 is 19.0 Å². The summed E-state index contributed by atoms with van der Waals surface area (Å²) in [6.45, 7) is 14.7. The molecule has 2 rings (SSSR count). The third-order valence-electron chi connectivity index (χ3n) is 5.04. The third kappa shape index (κ3) is 9.45. The molecule has 0 bridgehead atoms. The Balaban J connectivity index is 0.000000303. The quantitative estimate of drug-likeness (QED) is 0.250. The van der Waals surface area contributed by atoms with E-state index in [9.17, 15) is 4.79 Å². The van der Waals surface area contributed by atoms with Gasteiger partial charge in [0.1, 0.15) is 11.5 Å². The lowest BCUT2D eigenvalue weighted by Crippen LogP contribution is -2.16. The fraction of sp³-hybridized carbons (Fsp3) is 0.500. The normalized spacial score (nSPS) is 13.4. The fourth-order valence-corrected chi connectivity index (χ4v) is 2.88. The van der Waals surface area contributed by atoms with Gasteiger partial charge in [0.15, 0.2) is 6.29 Å². The van der Waals surface area contributed by atoms with Gasteiger partial charge < -0.3 is 14.2 Å². The first kappa shape index (κ1) is 25.7. The standard InChI is InChI=1S/C14H22O2.C12H16O2/c1-5-11(3)13-8-7-9-14(10-13)16-12(4)15-6-2;1-4-9(2)11-6-5-7-12(8-11)14-10(3)13/h7-12H,5-6H2,1-4H3;5-9H,4H2,1-3H3. The number of carbonyl (C=O) groups excluding carboxylic acids is 1. The molecule has 0 radical (unpaired) electrons. The van der Waals surface area contributed by atoms with Gasteiger partial charge in [0.25, 0.3) is 0 Å². The van der Waals surface area contributed by atoms with Crippen LogP contribution in [0.3, 0.4) is 0 Å². The molecule has 4 heteroatoms. The third-order valence-corrected chi connectivity index (χ3v) is 5.04. The van der Waals surface area contributed by atoms with Crippen molar-refractivity contribution in [3.8, 4) is 11.5 Å². The van der Waals surface area contributed by atoms with Crippen molar-refractivity contribution >= 4 is 5.97 Å². The van der Waals surface area contributed by atoms with E-state index >= 15 is 0 Å². The topological polar surface area (TPSA) is 44.8 Å². The lowest BCUT2D eigenvalue weighted by atomic mass is 9.99. The van der Waals surface area contributed by atoms with Gasteiger partial charge in [0.05, 0.1) is 0 Å². The highest BCUT2D eigenvalue weighted by Crippen LogP contribution is 2.24. The molecule has 3 unspecified atom stereocenters. The molecule has 0 saturated heterocycles. The summed E-state index contributed by atoms with van der Waals surface area (Å²) in [5, 5.41) is 0. The maximum Gasteiger partial charge on any atom is 0.308 e. The van der Waals surface area contributed by atoms with E-state index in [1.165, 1.54) is 18.1 Å². The zero-order valence-corrected chi connectivity index (χ0v) is 19.6. The second kappa shape index (κ2) is 13.8. The van der Waals surface area contributed by atoms with Gasteiger partial charge >= 0.3 is 5.97 Å². The Labute approximate surface area is 182 Å². The van der Waals surface area contributed by atoms with Crippen LogP contribution in [0.2, 0.25) is 0 Å². The van der Waals surface area contributed by atoms with Crippen LogP contribution in [0.4, 0.5) is 0 Å². The molecule has 166 valence electrons. The van der Waals surface area contributed by atoms with Crippen LogP contribution in [0.15, 0.2) is 48.5 Å². The number of hydrogen-bond donors (Lipinski definition) is 0. The summed E-state index contributed by atoms with van der Waals surface area (Å²) >= 11 is 0. The highest BCUT2D eigenvalue weighted by atomic mass is 16.7. The molecule has 0 saturated carbocycles. The van der Waals surface area contributed by atoms with Crippen LogP contribution in [0.1, 0.15) is 84.3 Å². The average molecular weight is 415 g/mol. The number of benzene rings is 2. The summed E-state index contributed by atoms with van der Waals surface area (Å²) in [6, 6.07) is 16.0. The maximum atomic E-state index is 10.7. The van der Waals surface area contributed by atoms with Gasteiger partial charge in [-0.2, -0.15) is 0 Å². The van der Waals surface area contributed by atoms with Gasteiger partial charge in [-0.25, -0.2) is 0 Å². The maximum absolute atomic E-state index is 10.7. The second-order valence-corrected chi connectivity index (χ2v) is 7.50. The second-order valence-electron chi connectivity index (χ2n) is 7.50. The first-order valence-electron chi connectivity index (χ1n) is 11.0. The van der Waals surface area contributed by atoms with E-state index in [0.717, 1.165) is 18.6 Å². The van der Waals surface area contributed by atoms with Gasteiger partial charge in [0.2, 0.25) is 0 Å². The van der Waals surface area contributed by atoms with E-state index in [1.54, 1.807) is 6.07 Å². The Morgan fingerprint density at radius 1 is 0.833 bits per heavy atom. The van der Waals surface area contributed by atoms with E-state index in [-0.39, 0.29) is 12.3 Å². The van der Waals surface area contributed by atoms with Crippen molar-refractivity contribution in [2.24, 2.45) is 0 Å². The molecule has 0 aliphatic rings. The van der Waals surface area contributed by atoms with Crippen LogP contribution in [0.25, 0.3) is 0 Å². The molecule has 0 aliphatic carbocycles. The van der Waals surface area contributed by atoms with E-state index in [2.05, 4.69) is 45.9 Å². The number of esters is 1. The molecule has 0 aliphatic heterocycles. The summed E-state index contributed by atoms with van der Waals surface area (Å²) < 4.78 is 16.0. The molecule has 0 heterocycles. The van der Waals surface area contributed by atoms with Crippen molar-refractivity contribution in [3.05, 3.63) is 59.7 Å². The van der Waals surface area contributed by atoms with Crippen molar-refractivity contribution in [2.45, 2.75) is 79.4 Å². The molecule has 4 nitrogen and oxygen atoms in total. The SMILES string of the molecule is CCC(C)c1cccc(OC(C)=O)c1.CCOC(C)Oc1cccc(C(C)CC)c1. The Kier molecular flexibility index (Phi) is 11.8. The van der Waals surface area contributed by atoms with Crippen LogP contribution >= 0.6 is 0 Å². The molecular formula is C26H38O4. The number of carbonyl (C=O) groups is 1. The lowest BCUT2D eigenvalue weighted by molar-refractivity contribution is -0.131. The smallest absolute Gasteiger partial charge is 0.308 e. The number of hydrogen-bond acceptors (Lipinski definition) is 4. The summed E-state index contributed by atoms with van der Waals surface area (Å²) in [4.78, 5) is 10.7. The van der Waals surface area contributed by atoms with Gasteiger partial charge in [-0.15, -0.1) is 0 Å². The summed E-state index contributed by atoms with van der Waals surface area (Å²) in [7, 11) is 0. The van der Waals surface area contributed by atoms with Crippen LogP contribution < -0.4 is 9.47 Å². The molecule has 0 aromatic heterocycles. The fourth-order valence-electron chi connectivity index (χ4n) is 2.88. The van der Waals surface area contributed by atoms with Crippen LogP contribution in [0, 0.1) is 0 Å². The predicted molar refractivity (Wildman–Crippen MR) is 123 cm³/mol. The minimum atomic E-state index is -0.272. The van der Waals surface area contributed by atoms with Crippen molar-refractivity contribution in [3.63, 3.8) is 0 Å². The van der Waals surface area contributed by atoms with Gasteiger partial charge in [0, 0.05) is 13.5 Å². The zero-order chi connectivity index (χ0) is 22.5. The molecule has 0 N–H and O–H groups in total. The van der Waals surface area contributed by atoms with Crippen LogP contribution in [-0.4, -0.2) is 18.9 Å². The largest absolute Gasteiger partial charge is 0.465 e. The lowest BCUT2D eigenvalue weighted by Gasteiger charge is -2.16. The monoisotopic (exact) mass is 414 g/mol. The molecule has 2 aromatic rings. The van der Waals surface area contributed by atoms with E-state index in [0.29, 0.717) is 24.2 Å². The van der Waals surface area contributed by atoms with E-state index in [1.807, 2.05) is 38.1 Å². The van der Waals surface area contributed by atoms with Gasteiger partial charge in [-0.3, -0.25) is 4.79 Å². The van der Waals surface area contributed by atoms with Crippen LogP contribution in [0.5, 0.6) is 11.5 Å². The number of ether oxygens (including phenoxy) is 3. The highest BCUT2D eigenvalue weighted by molar-refractivity contribution is 5.69. The summed E-state index contributed by atoms with van der Waals surface area (Å²) in [5.74, 6) is 2.33. The predicted octanol–water partition coefficient (Wildman–Crippen LogP) is 7.09. The Morgan fingerprint density at radius 3 is 1.80 bits per heavy atom. The highest BCUT2D eigenvalue weighted by Gasteiger charge is 2.07. The molecule has 0 amide bonds. The first-order valence-corrected chi connectivity index (χ1v) is 11.0. The van der Waals surface area contributed by atoms with Crippen molar-refractivity contribution in [2.75, 3.05) is 6.61 Å². The Hall–Kier alpha value is -2.33. The first-order chi connectivity index (χ1) is 14.3. The molecule has 2 aromatic carbocycles. The van der Waals surface area contributed by atoms with E-state index in [4.69, 9.17) is 14.2 Å². The number of rotatable bonds is 9. The molecular weight excluding hydrogens is 376 g/mol. The molecule has 30 heavy (non-hydrogen) atoms. The molecule has 3 atom stereocenters. The van der Waals surface area contributed by atoms with Gasteiger partial charge in [-0.05, 0) is 73.9 Å².